The van der Waals surface area contributed by atoms with Crippen molar-refractivity contribution in [3.05, 3.63) is 33.8 Å². The zero-order chi connectivity index (χ0) is 11.1. The predicted octanol–water partition coefficient (Wildman–Crippen LogP) is 2.97. The molecule has 0 saturated carbocycles. The average molecular weight is 258 g/mol. The van der Waals surface area contributed by atoms with E-state index in [1.54, 1.807) is 0 Å². The average Bonchev–Trinajstić information content (AvgIpc) is 3.03. The van der Waals surface area contributed by atoms with Gasteiger partial charge in [-0.1, -0.05) is 35.3 Å². The van der Waals surface area contributed by atoms with Gasteiger partial charge in [0.25, 0.3) is 0 Å². The van der Waals surface area contributed by atoms with Crippen LogP contribution in [0.3, 0.4) is 0 Å². The van der Waals surface area contributed by atoms with Crippen LogP contribution in [0.1, 0.15) is 12.0 Å². The number of rotatable bonds is 2. The number of epoxide rings is 1. The minimum Gasteiger partial charge on any atom is -0.368 e. The number of halogens is 2. The highest BCUT2D eigenvalue weighted by Gasteiger charge is 2.43. The molecule has 0 radical (unpaired) electrons. The van der Waals surface area contributed by atoms with E-state index in [0.717, 1.165) is 31.6 Å². The highest BCUT2D eigenvalue weighted by Crippen LogP contribution is 2.32. The molecule has 2 fully saturated rings. The molecule has 0 N–H and O–H groups in total. The summed E-state index contributed by atoms with van der Waals surface area (Å²) in [5.74, 6) is 0. The van der Waals surface area contributed by atoms with Crippen molar-refractivity contribution in [1.29, 1.82) is 0 Å². The lowest BCUT2D eigenvalue weighted by atomic mass is 10.1. The first-order chi connectivity index (χ1) is 7.74. The zero-order valence-electron chi connectivity index (χ0n) is 8.83. The van der Waals surface area contributed by atoms with Crippen LogP contribution in [0.15, 0.2) is 18.2 Å². The van der Waals surface area contributed by atoms with Gasteiger partial charge in [-0.05, 0) is 18.1 Å². The van der Waals surface area contributed by atoms with Crippen LogP contribution < -0.4 is 0 Å². The van der Waals surface area contributed by atoms with E-state index < -0.39 is 0 Å². The van der Waals surface area contributed by atoms with Gasteiger partial charge in [-0.25, -0.2) is 0 Å². The molecule has 2 saturated heterocycles. The van der Waals surface area contributed by atoms with Crippen LogP contribution in [0.25, 0.3) is 0 Å². The van der Waals surface area contributed by atoms with E-state index >= 15 is 0 Å². The lowest BCUT2D eigenvalue weighted by Gasteiger charge is -2.24. The predicted molar refractivity (Wildman–Crippen MR) is 65.0 cm³/mol. The van der Waals surface area contributed by atoms with Crippen LogP contribution in [0.5, 0.6) is 0 Å². The Morgan fingerprint density at radius 2 is 2.19 bits per heavy atom. The Bertz CT molecular complexity index is 410. The molecule has 86 valence electrons. The first kappa shape index (κ1) is 10.8. The molecule has 1 aromatic carbocycles. The maximum atomic E-state index is 6.17. The SMILES string of the molecule is Clc1cccc(CN2CC[C@H]3O[C@H]3C2)c1Cl. The third-order valence-electron chi connectivity index (χ3n) is 3.28. The maximum absolute atomic E-state index is 6.17. The van der Waals surface area contributed by atoms with Crippen LogP contribution in [-0.4, -0.2) is 30.2 Å². The quantitative estimate of drug-likeness (QED) is 0.758. The second-order valence-electron chi connectivity index (χ2n) is 4.45. The summed E-state index contributed by atoms with van der Waals surface area (Å²) in [5.41, 5.74) is 1.10. The fraction of sp³-hybridized carbons (Fsp3) is 0.500. The largest absolute Gasteiger partial charge is 0.368 e. The third kappa shape index (κ3) is 2.07. The summed E-state index contributed by atoms with van der Waals surface area (Å²) in [7, 11) is 0. The number of likely N-dealkylation sites (tertiary alicyclic amines) is 1. The maximum Gasteiger partial charge on any atom is 0.0969 e. The molecular formula is C12H13Cl2NO. The van der Waals surface area contributed by atoms with E-state index in [0.29, 0.717) is 22.3 Å². The first-order valence-electron chi connectivity index (χ1n) is 5.55. The molecule has 0 bridgehead atoms. The van der Waals surface area contributed by atoms with Crippen molar-refractivity contribution in [2.24, 2.45) is 0 Å². The summed E-state index contributed by atoms with van der Waals surface area (Å²) in [6.45, 7) is 2.98. The molecule has 2 aliphatic heterocycles. The van der Waals surface area contributed by atoms with Gasteiger partial charge in [0.05, 0.1) is 22.3 Å². The first-order valence-corrected chi connectivity index (χ1v) is 6.30. The molecule has 2 aliphatic rings. The van der Waals surface area contributed by atoms with Gasteiger partial charge in [0.15, 0.2) is 0 Å². The monoisotopic (exact) mass is 257 g/mol. The molecule has 0 unspecified atom stereocenters. The highest BCUT2D eigenvalue weighted by molar-refractivity contribution is 6.42. The van der Waals surface area contributed by atoms with Gasteiger partial charge in [-0.15, -0.1) is 0 Å². The number of hydrogen-bond donors (Lipinski definition) is 0. The molecule has 2 atom stereocenters. The number of benzene rings is 1. The number of fused-ring (bicyclic) bond motifs is 1. The minimum absolute atomic E-state index is 0.465. The second kappa shape index (κ2) is 4.19. The van der Waals surface area contributed by atoms with Crippen LogP contribution in [0, 0.1) is 0 Å². The number of ether oxygens (including phenoxy) is 1. The summed E-state index contributed by atoms with van der Waals surface area (Å²) < 4.78 is 5.50. The van der Waals surface area contributed by atoms with Crippen molar-refractivity contribution in [2.45, 2.75) is 25.2 Å². The topological polar surface area (TPSA) is 15.8 Å². The minimum atomic E-state index is 0.465. The Morgan fingerprint density at radius 3 is 3.00 bits per heavy atom. The molecule has 0 aromatic heterocycles. The smallest absolute Gasteiger partial charge is 0.0969 e. The molecule has 0 aliphatic carbocycles. The Labute approximate surface area is 105 Å². The Morgan fingerprint density at radius 1 is 1.31 bits per heavy atom. The van der Waals surface area contributed by atoms with Gasteiger partial charge in [0.1, 0.15) is 0 Å². The summed E-state index contributed by atoms with van der Waals surface area (Å²) >= 11 is 12.2. The Kier molecular flexibility index (Phi) is 2.84. The van der Waals surface area contributed by atoms with Crippen molar-refractivity contribution in [3.8, 4) is 0 Å². The molecule has 16 heavy (non-hydrogen) atoms. The van der Waals surface area contributed by atoms with Gasteiger partial charge >= 0.3 is 0 Å². The molecule has 3 rings (SSSR count). The van der Waals surface area contributed by atoms with Crippen LogP contribution >= 0.6 is 23.2 Å². The van der Waals surface area contributed by atoms with Crippen molar-refractivity contribution >= 4 is 23.2 Å². The van der Waals surface area contributed by atoms with Gasteiger partial charge < -0.3 is 4.74 Å². The van der Waals surface area contributed by atoms with E-state index in [4.69, 9.17) is 27.9 Å². The lowest BCUT2D eigenvalue weighted by Crippen LogP contribution is -2.34. The van der Waals surface area contributed by atoms with E-state index in [2.05, 4.69) is 4.90 Å². The molecular weight excluding hydrogens is 245 g/mol. The fourth-order valence-electron chi connectivity index (χ4n) is 2.30. The zero-order valence-corrected chi connectivity index (χ0v) is 10.3. The van der Waals surface area contributed by atoms with Gasteiger partial charge in [-0.3, -0.25) is 4.90 Å². The van der Waals surface area contributed by atoms with Crippen molar-refractivity contribution in [3.63, 3.8) is 0 Å². The van der Waals surface area contributed by atoms with Gasteiger partial charge in [0, 0.05) is 19.6 Å². The summed E-state index contributed by atoms with van der Waals surface area (Å²) in [4.78, 5) is 2.38. The molecule has 2 nitrogen and oxygen atoms in total. The highest BCUT2D eigenvalue weighted by atomic mass is 35.5. The van der Waals surface area contributed by atoms with Gasteiger partial charge in [0.2, 0.25) is 0 Å². The molecule has 2 heterocycles. The van der Waals surface area contributed by atoms with Crippen molar-refractivity contribution < 1.29 is 4.74 Å². The Hall–Kier alpha value is -0.280. The number of nitrogens with zero attached hydrogens (tertiary/aromatic N) is 1. The van der Waals surface area contributed by atoms with Crippen molar-refractivity contribution in [1.82, 2.24) is 4.90 Å². The van der Waals surface area contributed by atoms with E-state index in [9.17, 15) is 0 Å². The van der Waals surface area contributed by atoms with Gasteiger partial charge in [-0.2, -0.15) is 0 Å². The molecule has 0 amide bonds. The normalized spacial score (nSPS) is 28.9. The van der Waals surface area contributed by atoms with E-state index in [1.165, 1.54) is 0 Å². The molecule has 1 aromatic rings. The fourth-order valence-corrected chi connectivity index (χ4v) is 2.68. The molecule has 4 heteroatoms. The summed E-state index contributed by atoms with van der Waals surface area (Å²) in [6, 6.07) is 5.81. The van der Waals surface area contributed by atoms with Crippen LogP contribution in [-0.2, 0) is 11.3 Å². The molecule has 0 spiro atoms. The number of piperidine rings is 1. The van der Waals surface area contributed by atoms with Crippen LogP contribution in [0.2, 0.25) is 10.0 Å². The van der Waals surface area contributed by atoms with E-state index in [-0.39, 0.29) is 0 Å². The number of hydrogen-bond acceptors (Lipinski definition) is 2. The third-order valence-corrected chi connectivity index (χ3v) is 4.14. The Balaban J connectivity index is 1.71. The standard InChI is InChI=1S/C12H13Cl2NO/c13-9-3-1-2-8(12(9)14)6-15-5-4-10-11(7-15)16-10/h1-3,10-11H,4-7H2/t10-,11+/m1/s1. The van der Waals surface area contributed by atoms with Crippen molar-refractivity contribution in [2.75, 3.05) is 13.1 Å². The van der Waals surface area contributed by atoms with E-state index in [1.807, 2.05) is 18.2 Å². The summed E-state index contributed by atoms with van der Waals surface area (Å²) in [5, 5.41) is 1.32. The summed E-state index contributed by atoms with van der Waals surface area (Å²) in [6.07, 6.45) is 2.14. The second-order valence-corrected chi connectivity index (χ2v) is 5.23. The van der Waals surface area contributed by atoms with Crippen LogP contribution in [0.4, 0.5) is 0 Å². The lowest BCUT2D eigenvalue weighted by molar-refractivity contribution is 0.237.